The van der Waals surface area contributed by atoms with E-state index in [1.807, 2.05) is 0 Å². The van der Waals surface area contributed by atoms with Gasteiger partial charge < -0.3 is 0 Å². The van der Waals surface area contributed by atoms with E-state index in [1.54, 1.807) is 11.1 Å². The van der Waals surface area contributed by atoms with E-state index < -0.39 is 0 Å². The zero-order chi connectivity index (χ0) is 8.67. The molecule has 0 nitrogen and oxygen atoms in total. The van der Waals surface area contributed by atoms with Crippen LogP contribution in [-0.2, 0) is 6.42 Å². The summed E-state index contributed by atoms with van der Waals surface area (Å²) >= 11 is 0. The maximum atomic E-state index is 2.30. The van der Waals surface area contributed by atoms with E-state index in [1.165, 1.54) is 24.0 Å². The summed E-state index contributed by atoms with van der Waals surface area (Å²) in [7, 11) is 0. The standard InChI is InChI=1S/C13H12/c1-2-6-12-10(4-1)8-9-11-5-3-7-13(11)12/h1-6H,7-9H2. The molecule has 0 spiro atoms. The lowest BCUT2D eigenvalue weighted by atomic mass is 9.87. The molecule has 1 aromatic rings. The zero-order valence-electron chi connectivity index (χ0n) is 7.59. The molecule has 0 unspecified atom stereocenters. The van der Waals surface area contributed by atoms with Crippen molar-refractivity contribution in [2.75, 3.05) is 0 Å². The minimum Gasteiger partial charge on any atom is -0.0798 e. The van der Waals surface area contributed by atoms with Crippen molar-refractivity contribution in [1.82, 2.24) is 0 Å². The first-order valence-electron chi connectivity index (χ1n) is 4.92. The van der Waals surface area contributed by atoms with E-state index in [2.05, 4.69) is 36.4 Å². The van der Waals surface area contributed by atoms with Gasteiger partial charge in [-0.15, -0.1) is 0 Å². The number of fused-ring (bicyclic) bond motifs is 2. The minimum absolute atomic E-state index is 1.15. The van der Waals surface area contributed by atoms with Crippen molar-refractivity contribution in [2.45, 2.75) is 19.3 Å². The van der Waals surface area contributed by atoms with E-state index in [9.17, 15) is 0 Å². The first kappa shape index (κ1) is 7.14. The molecule has 0 bridgehead atoms. The molecule has 0 aliphatic heterocycles. The molecule has 2 aliphatic rings. The molecular formula is C13H12. The van der Waals surface area contributed by atoms with Gasteiger partial charge in [-0.3, -0.25) is 0 Å². The molecule has 0 atom stereocenters. The van der Waals surface area contributed by atoms with Crippen LogP contribution in [0.4, 0.5) is 0 Å². The SMILES string of the molecule is C1=CC2=C(C1)c1ccccc1CC2. The Labute approximate surface area is 78.6 Å². The molecule has 0 saturated heterocycles. The highest BCUT2D eigenvalue weighted by atomic mass is 14.2. The van der Waals surface area contributed by atoms with E-state index in [4.69, 9.17) is 0 Å². The predicted molar refractivity (Wildman–Crippen MR) is 55.4 cm³/mol. The van der Waals surface area contributed by atoms with Crippen molar-refractivity contribution in [2.24, 2.45) is 0 Å². The predicted octanol–water partition coefficient (Wildman–Crippen LogP) is 3.35. The van der Waals surface area contributed by atoms with Crippen LogP contribution in [0.2, 0.25) is 0 Å². The van der Waals surface area contributed by atoms with Crippen LogP contribution in [-0.4, -0.2) is 0 Å². The molecule has 0 fully saturated rings. The fourth-order valence-electron chi connectivity index (χ4n) is 2.37. The van der Waals surface area contributed by atoms with Crippen molar-refractivity contribution >= 4 is 5.57 Å². The molecule has 0 heterocycles. The molecule has 2 aliphatic carbocycles. The molecule has 0 saturated carbocycles. The molecule has 0 N–H and O–H groups in total. The number of hydrogen-bond donors (Lipinski definition) is 0. The van der Waals surface area contributed by atoms with Crippen LogP contribution in [0.1, 0.15) is 24.0 Å². The summed E-state index contributed by atoms with van der Waals surface area (Å²) in [6.45, 7) is 0. The monoisotopic (exact) mass is 168 g/mol. The van der Waals surface area contributed by atoms with Gasteiger partial charge in [-0.2, -0.15) is 0 Å². The number of rotatable bonds is 0. The van der Waals surface area contributed by atoms with E-state index >= 15 is 0 Å². The molecule has 1 aromatic carbocycles. The Hall–Kier alpha value is -1.30. The summed E-state index contributed by atoms with van der Waals surface area (Å²) in [6.07, 6.45) is 8.19. The number of aryl methyl sites for hydroxylation is 1. The van der Waals surface area contributed by atoms with Crippen molar-refractivity contribution in [3.8, 4) is 0 Å². The Morgan fingerprint density at radius 2 is 1.92 bits per heavy atom. The van der Waals surface area contributed by atoms with Crippen LogP contribution in [0.25, 0.3) is 5.57 Å². The molecule has 13 heavy (non-hydrogen) atoms. The first-order chi connectivity index (χ1) is 6.45. The van der Waals surface area contributed by atoms with Gasteiger partial charge in [0.15, 0.2) is 0 Å². The van der Waals surface area contributed by atoms with Gasteiger partial charge in [0.05, 0.1) is 0 Å². The van der Waals surface area contributed by atoms with Gasteiger partial charge in [0.1, 0.15) is 0 Å². The average molecular weight is 168 g/mol. The summed E-state index contributed by atoms with van der Waals surface area (Å²) in [6, 6.07) is 8.81. The third-order valence-corrected chi connectivity index (χ3v) is 3.03. The third kappa shape index (κ3) is 0.983. The second-order valence-electron chi connectivity index (χ2n) is 3.77. The minimum atomic E-state index is 1.15. The summed E-state index contributed by atoms with van der Waals surface area (Å²) in [5.74, 6) is 0. The Bertz CT molecular complexity index is 408. The van der Waals surface area contributed by atoms with Gasteiger partial charge in [0.2, 0.25) is 0 Å². The van der Waals surface area contributed by atoms with Crippen LogP contribution in [0.15, 0.2) is 42.0 Å². The molecule has 64 valence electrons. The Balaban J connectivity index is 2.20. The largest absolute Gasteiger partial charge is 0.0798 e. The normalized spacial score (nSPS) is 18.8. The molecular weight excluding hydrogens is 156 g/mol. The quantitative estimate of drug-likeness (QED) is 0.557. The van der Waals surface area contributed by atoms with Gasteiger partial charge in [0, 0.05) is 0 Å². The van der Waals surface area contributed by atoms with Crippen molar-refractivity contribution < 1.29 is 0 Å². The molecule has 0 aromatic heterocycles. The van der Waals surface area contributed by atoms with Crippen LogP contribution in [0, 0.1) is 0 Å². The lowest BCUT2D eigenvalue weighted by molar-refractivity contribution is 0.942. The maximum absolute atomic E-state index is 2.30. The van der Waals surface area contributed by atoms with Gasteiger partial charge in [-0.1, -0.05) is 36.4 Å². The van der Waals surface area contributed by atoms with Crippen LogP contribution < -0.4 is 0 Å². The van der Waals surface area contributed by atoms with Crippen LogP contribution in [0.3, 0.4) is 0 Å². The highest BCUT2D eigenvalue weighted by Gasteiger charge is 2.18. The highest BCUT2D eigenvalue weighted by molar-refractivity contribution is 5.78. The fourth-order valence-corrected chi connectivity index (χ4v) is 2.37. The summed E-state index contributed by atoms with van der Waals surface area (Å²) in [4.78, 5) is 0. The molecule has 0 amide bonds. The van der Waals surface area contributed by atoms with Crippen LogP contribution >= 0.6 is 0 Å². The summed E-state index contributed by atoms with van der Waals surface area (Å²) in [5.41, 5.74) is 6.17. The second kappa shape index (κ2) is 2.59. The van der Waals surface area contributed by atoms with Crippen molar-refractivity contribution in [1.29, 1.82) is 0 Å². The van der Waals surface area contributed by atoms with E-state index in [-0.39, 0.29) is 0 Å². The maximum Gasteiger partial charge on any atom is -0.00854 e. The van der Waals surface area contributed by atoms with Gasteiger partial charge in [-0.05, 0) is 41.5 Å². The first-order valence-corrected chi connectivity index (χ1v) is 4.92. The Kier molecular flexibility index (Phi) is 1.42. The van der Waals surface area contributed by atoms with Gasteiger partial charge >= 0.3 is 0 Å². The Morgan fingerprint density at radius 1 is 1.00 bits per heavy atom. The number of benzene rings is 1. The molecule has 0 radical (unpaired) electrons. The highest BCUT2D eigenvalue weighted by Crippen LogP contribution is 2.37. The average Bonchev–Trinajstić information content (AvgIpc) is 2.65. The van der Waals surface area contributed by atoms with Crippen LogP contribution in [0.5, 0.6) is 0 Å². The van der Waals surface area contributed by atoms with E-state index in [0.717, 1.165) is 6.42 Å². The molecule has 3 rings (SSSR count). The van der Waals surface area contributed by atoms with E-state index in [0.29, 0.717) is 0 Å². The summed E-state index contributed by atoms with van der Waals surface area (Å²) in [5, 5.41) is 0. The second-order valence-corrected chi connectivity index (χ2v) is 3.77. The number of allylic oxidation sites excluding steroid dienone is 4. The zero-order valence-corrected chi connectivity index (χ0v) is 7.59. The number of hydrogen-bond acceptors (Lipinski definition) is 0. The fraction of sp³-hybridized carbons (Fsp3) is 0.231. The molecule has 0 heteroatoms. The Morgan fingerprint density at radius 3 is 2.92 bits per heavy atom. The smallest absolute Gasteiger partial charge is 0.00854 e. The topological polar surface area (TPSA) is 0 Å². The third-order valence-electron chi connectivity index (χ3n) is 3.03. The summed E-state index contributed by atoms with van der Waals surface area (Å²) < 4.78 is 0. The van der Waals surface area contributed by atoms with Gasteiger partial charge in [-0.25, -0.2) is 0 Å². The van der Waals surface area contributed by atoms with Crippen molar-refractivity contribution in [3.05, 3.63) is 53.1 Å². The van der Waals surface area contributed by atoms with Gasteiger partial charge in [0.25, 0.3) is 0 Å². The lowest BCUT2D eigenvalue weighted by Gasteiger charge is -2.18. The van der Waals surface area contributed by atoms with Crippen molar-refractivity contribution in [3.63, 3.8) is 0 Å². The lowest BCUT2D eigenvalue weighted by Crippen LogP contribution is -2.00.